The van der Waals surface area contributed by atoms with Crippen LogP contribution >= 0.6 is 7.92 Å². The van der Waals surface area contributed by atoms with Crippen LogP contribution in [0.5, 0.6) is 0 Å². The van der Waals surface area contributed by atoms with E-state index < -0.39 is 0 Å². The predicted molar refractivity (Wildman–Crippen MR) is 81.6 cm³/mol. The number of hydrogen-bond acceptors (Lipinski definition) is 0. The Kier molecular flexibility index (Phi) is 6.82. The van der Waals surface area contributed by atoms with Crippen molar-refractivity contribution in [3.8, 4) is 0 Å². The monoisotopic (exact) mass is 250 g/mol. The van der Waals surface area contributed by atoms with E-state index in [0.717, 1.165) is 11.8 Å². The van der Waals surface area contributed by atoms with Crippen LogP contribution in [-0.4, -0.2) is 12.3 Å². The second-order valence-corrected chi connectivity index (χ2v) is 7.59. The van der Waals surface area contributed by atoms with Crippen LogP contribution in [-0.2, 0) is 0 Å². The van der Waals surface area contributed by atoms with E-state index >= 15 is 0 Å². The molecule has 0 unspecified atom stereocenters. The lowest BCUT2D eigenvalue weighted by Gasteiger charge is -2.24. The molecule has 1 rings (SSSR count). The standard InChI is InChI=1S/C16H27P/c1-5-14(3)12-17(13-15(4)6-2)16-10-8-7-9-11-16/h7-11,14-15H,5-6,12-13H2,1-4H3/t14-,15-/m0/s1. The van der Waals surface area contributed by atoms with Crippen LogP contribution < -0.4 is 5.30 Å². The highest BCUT2D eigenvalue weighted by atomic mass is 31.1. The maximum atomic E-state index is 2.40. The molecule has 96 valence electrons. The minimum atomic E-state index is 0.0538. The van der Waals surface area contributed by atoms with Gasteiger partial charge in [0.15, 0.2) is 0 Å². The second kappa shape index (κ2) is 7.88. The number of hydrogen-bond donors (Lipinski definition) is 0. The van der Waals surface area contributed by atoms with Crippen LogP contribution in [0.1, 0.15) is 40.5 Å². The maximum absolute atomic E-state index is 2.40. The van der Waals surface area contributed by atoms with Crippen molar-refractivity contribution in [3.63, 3.8) is 0 Å². The van der Waals surface area contributed by atoms with Gasteiger partial charge in [0.05, 0.1) is 0 Å². The average molecular weight is 250 g/mol. The molecule has 2 atom stereocenters. The smallest absolute Gasteiger partial charge is 0.0240 e. The van der Waals surface area contributed by atoms with Gasteiger partial charge in [-0.3, -0.25) is 0 Å². The van der Waals surface area contributed by atoms with E-state index in [9.17, 15) is 0 Å². The fourth-order valence-electron chi connectivity index (χ4n) is 1.93. The highest BCUT2D eigenvalue weighted by Gasteiger charge is 2.16. The van der Waals surface area contributed by atoms with Crippen LogP contribution in [0.3, 0.4) is 0 Å². The summed E-state index contributed by atoms with van der Waals surface area (Å²) in [6.45, 7) is 9.42. The largest absolute Gasteiger partial charge is 0.0748 e. The fourth-order valence-corrected chi connectivity index (χ4v) is 5.12. The van der Waals surface area contributed by atoms with E-state index in [1.54, 1.807) is 5.30 Å². The Morgan fingerprint density at radius 2 is 1.35 bits per heavy atom. The van der Waals surface area contributed by atoms with Crippen molar-refractivity contribution in [1.29, 1.82) is 0 Å². The quantitative estimate of drug-likeness (QED) is 0.605. The molecule has 0 radical (unpaired) electrons. The van der Waals surface area contributed by atoms with E-state index in [1.165, 1.54) is 25.2 Å². The Labute approximate surface area is 109 Å². The molecule has 0 N–H and O–H groups in total. The van der Waals surface area contributed by atoms with Gasteiger partial charge in [-0.25, -0.2) is 0 Å². The normalized spacial score (nSPS) is 14.9. The molecule has 0 aliphatic rings. The van der Waals surface area contributed by atoms with Gasteiger partial charge in [-0.2, -0.15) is 0 Å². The van der Waals surface area contributed by atoms with Crippen molar-refractivity contribution in [2.45, 2.75) is 40.5 Å². The van der Waals surface area contributed by atoms with Crippen molar-refractivity contribution in [2.24, 2.45) is 11.8 Å². The highest BCUT2D eigenvalue weighted by Crippen LogP contribution is 2.39. The minimum Gasteiger partial charge on any atom is -0.0748 e. The molecule has 1 heteroatoms. The molecule has 0 nitrogen and oxygen atoms in total. The molecule has 1 aromatic rings. The van der Waals surface area contributed by atoms with Crippen LogP contribution in [0.25, 0.3) is 0 Å². The molecule has 0 saturated heterocycles. The Morgan fingerprint density at radius 1 is 0.882 bits per heavy atom. The van der Waals surface area contributed by atoms with Gasteiger partial charge in [0.25, 0.3) is 0 Å². The molecule has 17 heavy (non-hydrogen) atoms. The van der Waals surface area contributed by atoms with Crippen molar-refractivity contribution < 1.29 is 0 Å². The number of rotatable bonds is 7. The topological polar surface area (TPSA) is 0 Å². The fraction of sp³-hybridized carbons (Fsp3) is 0.625. The summed E-state index contributed by atoms with van der Waals surface area (Å²) in [6, 6.07) is 11.2. The second-order valence-electron chi connectivity index (χ2n) is 5.27. The molecule has 0 spiro atoms. The summed E-state index contributed by atoms with van der Waals surface area (Å²) < 4.78 is 0. The lowest BCUT2D eigenvalue weighted by atomic mass is 10.2. The van der Waals surface area contributed by atoms with Gasteiger partial charge in [0.2, 0.25) is 0 Å². The first kappa shape index (κ1) is 14.7. The first-order valence-electron chi connectivity index (χ1n) is 6.97. The molecule has 0 saturated carbocycles. The lowest BCUT2D eigenvalue weighted by Crippen LogP contribution is -2.13. The molecule has 0 fully saturated rings. The molecule has 0 heterocycles. The summed E-state index contributed by atoms with van der Waals surface area (Å²) in [5.41, 5.74) is 0. The van der Waals surface area contributed by atoms with E-state index in [-0.39, 0.29) is 7.92 Å². The first-order chi connectivity index (χ1) is 8.17. The van der Waals surface area contributed by atoms with Gasteiger partial charge in [-0.1, -0.05) is 78.8 Å². The van der Waals surface area contributed by atoms with Crippen LogP contribution in [0.4, 0.5) is 0 Å². The van der Waals surface area contributed by atoms with Gasteiger partial charge in [-0.05, 0) is 29.5 Å². The molecule has 0 aliphatic carbocycles. The SMILES string of the molecule is CC[C@H](C)CP(C[C@@H](C)CC)c1ccccc1. The van der Waals surface area contributed by atoms with E-state index in [0.29, 0.717) is 0 Å². The van der Waals surface area contributed by atoms with Gasteiger partial charge in [-0.15, -0.1) is 0 Å². The molecule has 0 bridgehead atoms. The zero-order chi connectivity index (χ0) is 12.7. The maximum Gasteiger partial charge on any atom is -0.0240 e. The molecular weight excluding hydrogens is 223 g/mol. The first-order valence-corrected chi connectivity index (χ1v) is 8.68. The minimum absolute atomic E-state index is 0.0538. The third-order valence-corrected chi connectivity index (χ3v) is 6.74. The zero-order valence-electron chi connectivity index (χ0n) is 11.8. The Hall–Kier alpha value is -0.350. The van der Waals surface area contributed by atoms with Crippen molar-refractivity contribution in [2.75, 3.05) is 12.3 Å². The molecule has 0 aliphatic heterocycles. The summed E-state index contributed by atoms with van der Waals surface area (Å²) in [5, 5.41) is 1.60. The summed E-state index contributed by atoms with van der Waals surface area (Å²) in [5.74, 6) is 1.73. The lowest BCUT2D eigenvalue weighted by molar-refractivity contribution is 0.615. The molecular formula is C16H27P. The third-order valence-electron chi connectivity index (χ3n) is 3.58. The van der Waals surface area contributed by atoms with Crippen LogP contribution in [0, 0.1) is 11.8 Å². The summed E-state index contributed by atoms with van der Waals surface area (Å²) in [6.07, 6.45) is 5.43. The van der Waals surface area contributed by atoms with Crippen molar-refractivity contribution in [3.05, 3.63) is 30.3 Å². The van der Waals surface area contributed by atoms with Crippen LogP contribution in [0.2, 0.25) is 0 Å². The average Bonchev–Trinajstić information content (AvgIpc) is 2.38. The predicted octanol–water partition coefficient (Wildman–Crippen LogP) is 4.89. The molecule has 0 amide bonds. The molecule has 0 aromatic heterocycles. The zero-order valence-corrected chi connectivity index (χ0v) is 12.7. The Bertz CT molecular complexity index is 282. The highest BCUT2D eigenvalue weighted by molar-refractivity contribution is 7.65. The van der Waals surface area contributed by atoms with Gasteiger partial charge in [0.1, 0.15) is 0 Å². The Morgan fingerprint density at radius 3 is 1.76 bits per heavy atom. The van der Waals surface area contributed by atoms with Gasteiger partial charge >= 0.3 is 0 Å². The van der Waals surface area contributed by atoms with Crippen LogP contribution in [0.15, 0.2) is 30.3 Å². The summed E-state index contributed by atoms with van der Waals surface area (Å²) in [7, 11) is 0.0538. The summed E-state index contributed by atoms with van der Waals surface area (Å²) >= 11 is 0. The van der Waals surface area contributed by atoms with E-state index in [4.69, 9.17) is 0 Å². The molecule has 1 aromatic carbocycles. The third kappa shape index (κ3) is 5.21. The number of benzene rings is 1. The Balaban J connectivity index is 2.72. The van der Waals surface area contributed by atoms with Crippen molar-refractivity contribution in [1.82, 2.24) is 0 Å². The van der Waals surface area contributed by atoms with Gasteiger partial charge < -0.3 is 0 Å². The van der Waals surface area contributed by atoms with E-state index in [2.05, 4.69) is 58.0 Å². The van der Waals surface area contributed by atoms with Crippen molar-refractivity contribution >= 4 is 13.2 Å². The summed E-state index contributed by atoms with van der Waals surface area (Å²) in [4.78, 5) is 0. The van der Waals surface area contributed by atoms with Gasteiger partial charge in [0, 0.05) is 0 Å². The van der Waals surface area contributed by atoms with E-state index in [1.807, 2.05) is 0 Å².